The Labute approximate surface area is 129 Å². The highest BCUT2D eigenvalue weighted by Crippen LogP contribution is 2.35. The molecule has 0 bridgehead atoms. The quantitative estimate of drug-likeness (QED) is 0.806. The van der Waals surface area contributed by atoms with Crippen LogP contribution in [0.25, 0.3) is 0 Å². The van der Waals surface area contributed by atoms with Crippen LogP contribution >= 0.6 is 15.9 Å². The summed E-state index contributed by atoms with van der Waals surface area (Å²) in [5.41, 5.74) is 7.35. The lowest BCUT2D eigenvalue weighted by Gasteiger charge is -2.22. The summed E-state index contributed by atoms with van der Waals surface area (Å²) >= 11 is 3.20. The van der Waals surface area contributed by atoms with Crippen LogP contribution in [0.3, 0.4) is 0 Å². The van der Waals surface area contributed by atoms with E-state index in [2.05, 4.69) is 15.9 Å². The average Bonchev–Trinajstić information content (AvgIpc) is 2.40. The number of hydrogen-bond acceptors (Lipinski definition) is 2. The van der Waals surface area contributed by atoms with Crippen molar-refractivity contribution >= 4 is 27.3 Å². The standard InChI is InChI=1S/C15H14BrF3N2/c1-21(9-10-2-5-12(20)6-3-10)14-7-4-11(8-13(14)16)15(17,18)19/h2-8H,9,20H2,1H3. The van der Waals surface area contributed by atoms with Crippen LogP contribution in [-0.4, -0.2) is 7.05 Å². The predicted molar refractivity (Wildman–Crippen MR) is 82.1 cm³/mol. The van der Waals surface area contributed by atoms with E-state index in [9.17, 15) is 13.2 Å². The molecule has 0 aliphatic heterocycles. The lowest BCUT2D eigenvalue weighted by atomic mass is 10.1. The van der Waals surface area contributed by atoms with Gasteiger partial charge in [0, 0.05) is 23.8 Å². The molecule has 0 atom stereocenters. The minimum Gasteiger partial charge on any atom is -0.399 e. The molecule has 0 saturated heterocycles. The molecule has 0 saturated carbocycles. The third kappa shape index (κ3) is 3.91. The molecular weight excluding hydrogens is 345 g/mol. The first-order chi connectivity index (χ1) is 9.77. The summed E-state index contributed by atoms with van der Waals surface area (Å²) < 4.78 is 38.3. The molecule has 2 aromatic carbocycles. The van der Waals surface area contributed by atoms with Crippen LogP contribution in [0.1, 0.15) is 11.1 Å². The highest BCUT2D eigenvalue weighted by atomic mass is 79.9. The number of hydrogen-bond donors (Lipinski definition) is 1. The third-order valence-corrected chi connectivity index (χ3v) is 3.72. The number of nitrogens with two attached hydrogens (primary N) is 1. The number of benzene rings is 2. The topological polar surface area (TPSA) is 29.3 Å². The Hall–Kier alpha value is -1.69. The lowest BCUT2D eigenvalue weighted by molar-refractivity contribution is -0.137. The largest absolute Gasteiger partial charge is 0.416 e. The van der Waals surface area contributed by atoms with Crippen molar-refractivity contribution in [3.05, 3.63) is 58.1 Å². The zero-order chi connectivity index (χ0) is 15.6. The van der Waals surface area contributed by atoms with Gasteiger partial charge in [0.05, 0.1) is 11.3 Å². The van der Waals surface area contributed by atoms with E-state index in [0.29, 0.717) is 22.4 Å². The van der Waals surface area contributed by atoms with Gasteiger partial charge in [-0.3, -0.25) is 0 Å². The first-order valence-corrected chi connectivity index (χ1v) is 6.99. The monoisotopic (exact) mass is 358 g/mol. The maximum Gasteiger partial charge on any atom is 0.416 e. The van der Waals surface area contributed by atoms with E-state index in [1.54, 1.807) is 12.1 Å². The number of alkyl halides is 3. The second kappa shape index (κ2) is 5.97. The summed E-state index contributed by atoms with van der Waals surface area (Å²) in [5.74, 6) is 0. The first-order valence-electron chi connectivity index (χ1n) is 6.19. The summed E-state index contributed by atoms with van der Waals surface area (Å²) in [6.07, 6.45) is -4.34. The molecule has 0 aliphatic carbocycles. The van der Waals surface area contributed by atoms with Crippen LogP contribution in [0.2, 0.25) is 0 Å². The number of nitrogens with zero attached hydrogens (tertiary/aromatic N) is 1. The van der Waals surface area contributed by atoms with E-state index < -0.39 is 11.7 Å². The second-order valence-corrected chi connectivity index (χ2v) is 5.62. The molecule has 112 valence electrons. The average molecular weight is 359 g/mol. The van der Waals surface area contributed by atoms with Crippen molar-refractivity contribution < 1.29 is 13.2 Å². The van der Waals surface area contributed by atoms with Gasteiger partial charge in [-0.2, -0.15) is 13.2 Å². The van der Waals surface area contributed by atoms with E-state index in [1.165, 1.54) is 6.07 Å². The van der Waals surface area contributed by atoms with Gasteiger partial charge in [-0.15, -0.1) is 0 Å². The minimum absolute atomic E-state index is 0.412. The van der Waals surface area contributed by atoms with Crippen LogP contribution in [0.5, 0.6) is 0 Å². The van der Waals surface area contributed by atoms with Gasteiger partial charge in [-0.1, -0.05) is 12.1 Å². The van der Waals surface area contributed by atoms with E-state index in [1.807, 2.05) is 24.1 Å². The fourth-order valence-electron chi connectivity index (χ4n) is 1.97. The molecule has 2 N–H and O–H groups in total. The zero-order valence-electron chi connectivity index (χ0n) is 11.3. The minimum atomic E-state index is -4.34. The van der Waals surface area contributed by atoms with Gasteiger partial charge < -0.3 is 10.6 Å². The van der Waals surface area contributed by atoms with Gasteiger partial charge in [-0.25, -0.2) is 0 Å². The van der Waals surface area contributed by atoms with E-state index in [0.717, 1.165) is 17.7 Å². The molecule has 2 rings (SSSR count). The van der Waals surface area contributed by atoms with E-state index in [-0.39, 0.29) is 0 Å². The highest BCUT2D eigenvalue weighted by molar-refractivity contribution is 9.10. The second-order valence-electron chi connectivity index (χ2n) is 4.76. The molecule has 0 aliphatic rings. The summed E-state index contributed by atoms with van der Waals surface area (Å²) in [6.45, 7) is 0.574. The van der Waals surface area contributed by atoms with Gasteiger partial charge in [0.1, 0.15) is 0 Å². The molecule has 6 heteroatoms. The van der Waals surface area contributed by atoms with Crippen molar-refractivity contribution in [2.75, 3.05) is 17.7 Å². The van der Waals surface area contributed by atoms with Crippen LogP contribution in [0.15, 0.2) is 46.9 Å². The van der Waals surface area contributed by atoms with Crippen molar-refractivity contribution in [2.45, 2.75) is 12.7 Å². The van der Waals surface area contributed by atoms with Gasteiger partial charge >= 0.3 is 6.18 Å². The fourth-order valence-corrected chi connectivity index (χ4v) is 2.66. The van der Waals surface area contributed by atoms with Crippen LogP contribution < -0.4 is 10.6 Å². The molecule has 21 heavy (non-hydrogen) atoms. The molecule has 0 unspecified atom stereocenters. The Bertz CT molecular complexity index is 624. The number of anilines is 2. The lowest BCUT2D eigenvalue weighted by Crippen LogP contribution is -2.17. The Balaban J connectivity index is 2.19. The van der Waals surface area contributed by atoms with Crippen molar-refractivity contribution in [3.8, 4) is 0 Å². The molecule has 0 aromatic heterocycles. The Morgan fingerprint density at radius 2 is 1.71 bits per heavy atom. The Kier molecular flexibility index (Phi) is 4.46. The Morgan fingerprint density at radius 1 is 1.10 bits per heavy atom. The number of halogens is 4. The Morgan fingerprint density at radius 3 is 2.24 bits per heavy atom. The van der Waals surface area contributed by atoms with E-state index in [4.69, 9.17) is 5.73 Å². The molecule has 0 spiro atoms. The molecule has 0 amide bonds. The molecule has 0 radical (unpaired) electrons. The van der Waals surface area contributed by atoms with Crippen molar-refractivity contribution in [1.82, 2.24) is 0 Å². The number of nitrogen functional groups attached to an aromatic ring is 1. The summed E-state index contributed by atoms with van der Waals surface area (Å²) in [7, 11) is 1.82. The maximum absolute atomic E-state index is 12.6. The van der Waals surface area contributed by atoms with Crippen LogP contribution in [0, 0.1) is 0 Å². The maximum atomic E-state index is 12.6. The molecular formula is C15H14BrF3N2. The number of rotatable bonds is 3. The van der Waals surface area contributed by atoms with Crippen molar-refractivity contribution in [3.63, 3.8) is 0 Å². The molecule has 0 heterocycles. The summed E-state index contributed by atoms with van der Waals surface area (Å²) in [5, 5.41) is 0. The molecule has 2 aromatic rings. The van der Waals surface area contributed by atoms with Crippen molar-refractivity contribution in [1.29, 1.82) is 0 Å². The third-order valence-electron chi connectivity index (χ3n) is 3.09. The fraction of sp³-hybridized carbons (Fsp3) is 0.200. The van der Waals surface area contributed by atoms with E-state index >= 15 is 0 Å². The summed E-state index contributed by atoms with van der Waals surface area (Å²) in [4.78, 5) is 1.87. The molecule has 0 fully saturated rings. The predicted octanol–water partition coefficient (Wildman–Crippen LogP) is 4.69. The van der Waals surface area contributed by atoms with Gasteiger partial charge in [0.15, 0.2) is 0 Å². The van der Waals surface area contributed by atoms with Gasteiger partial charge in [0.2, 0.25) is 0 Å². The van der Waals surface area contributed by atoms with Gasteiger partial charge in [-0.05, 0) is 51.8 Å². The SMILES string of the molecule is CN(Cc1ccc(N)cc1)c1ccc(C(F)(F)F)cc1Br. The molecule has 2 nitrogen and oxygen atoms in total. The van der Waals surface area contributed by atoms with Crippen LogP contribution in [-0.2, 0) is 12.7 Å². The summed E-state index contributed by atoms with van der Waals surface area (Å²) in [6, 6.07) is 11.0. The highest BCUT2D eigenvalue weighted by Gasteiger charge is 2.31. The zero-order valence-corrected chi connectivity index (χ0v) is 12.9. The normalized spacial score (nSPS) is 11.5. The first kappa shape index (κ1) is 15.7. The van der Waals surface area contributed by atoms with Crippen molar-refractivity contribution in [2.24, 2.45) is 0 Å². The smallest absolute Gasteiger partial charge is 0.399 e. The van der Waals surface area contributed by atoms with Gasteiger partial charge in [0.25, 0.3) is 0 Å². The van der Waals surface area contributed by atoms with Crippen LogP contribution in [0.4, 0.5) is 24.5 Å².